The van der Waals surface area contributed by atoms with Crippen LogP contribution in [0.5, 0.6) is 0 Å². The monoisotopic (exact) mass is 474 g/mol. The third-order valence-corrected chi connectivity index (χ3v) is 7.73. The number of rotatable bonds is 5. The molecule has 1 N–H and O–H groups in total. The zero-order valence-corrected chi connectivity index (χ0v) is 18.9. The number of hydrogen-bond donors (Lipinski definition) is 1. The Morgan fingerprint density at radius 1 is 1.14 bits per heavy atom. The summed E-state index contributed by atoms with van der Waals surface area (Å²) in [6, 6.07) is 10.0. The van der Waals surface area contributed by atoms with E-state index in [0.717, 1.165) is 5.56 Å². The molecular weight excluding hydrogens is 455 g/mol. The second-order valence-electron chi connectivity index (χ2n) is 7.15. The Kier molecular flexibility index (Phi) is 7.12. The molecule has 9 heteroatoms. The molecule has 0 aliphatic carbocycles. The maximum absolute atomic E-state index is 12.9. The van der Waals surface area contributed by atoms with Crippen molar-refractivity contribution in [3.63, 3.8) is 0 Å². The first-order valence-electron chi connectivity index (χ1n) is 9.14. The number of piperidine rings is 1. The van der Waals surface area contributed by atoms with Crippen LogP contribution in [0.1, 0.15) is 24.0 Å². The van der Waals surface area contributed by atoms with Gasteiger partial charge in [-0.05, 0) is 55.2 Å². The summed E-state index contributed by atoms with van der Waals surface area (Å²) in [5.41, 5.74) is 2.08. The minimum absolute atomic E-state index is 0.148. The second-order valence-corrected chi connectivity index (χ2v) is 10.4. The Labute approximate surface area is 186 Å². The number of carbonyl (C=O) groups excluding carboxylic acids is 1. The van der Waals surface area contributed by atoms with Crippen LogP contribution < -0.4 is 5.32 Å². The summed E-state index contributed by atoms with van der Waals surface area (Å²) in [5.74, 6) is -0.818. The van der Waals surface area contributed by atoms with E-state index < -0.39 is 15.9 Å². The van der Waals surface area contributed by atoms with Gasteiger partial charge in [0.25, 0.3) is 0 Å². The predicted octanol–water partition coefficient (Wildman–Crippen LogP) is 5.14. The van der Waals surface area contributed by atoms with Crippen LogP contribution in [-0.4, -0.2) is 31.7 Å². The molecule has 1 heterocycles. The Bertz CT molecular complexity index is 1030. The molecule has 1 aliphatic heterocycles. The van der Waals surface area contributed by atoms with Crippen molar-refractivity contribution in [2.75, 3.05) is 18.4 Å². The quantitative estimate of drug-likeness (QED) is 0.651. The molecule has 156 valence electrons. The minimum Gasteiger partial charge on any atom is -0.326 e. The van der Waals surface area contributed by atoms with Crippen LogP contribution in [-0.2, 0) is 20.6 Å². The van der Waals surface area contributed by atoms with Gasteiger partial charge in [0.05, 0.1) is 21.7 Å². The average molecular weight is 476 g/mol. The smallest absolute Gasteiger partial charge is 0.228 e. The molecular formula is C20H21Cl3N2O3S. The minimum atomic E-state index is -3.59. The second kappa shape index (κ2) is 9.23. The van der Waals surface area contributed by atoms with Crippen molar-refractivity contribution >= 4 is 56.4 Å². The number of hydrogen-bond acceptors (Lipinski definition) is 3. The van der Waals surface area contributed by atoms with E-state index in [1.165, 1.54) is 4.31 Å². The SMILES string of the molecule is Cc1ccc(Cl)cc1NC(=O)[C@@H]1CCCN(S(=O)(=O)Cc2ccc(Cl)c(Cl)c2)C1. The molecule has 0 radical (unpaired) electrons. The summed E-state index contributed by atoms with van der Waals surface area (Å²) in [6.45, 7) is 2.42. The van der Waals surface area contributed by atoms with Gasteiger partial charge in [0.15, 0.2) is 0 Å². The third-order valence-electron chi connectivity index (χ3n) is 4.94. The topological polar surface area (TPSA) is 66.5 Å². The fourth-order valence-electron chi connectivity index (χ4n) is 3.30. The van der Waals surface area contributed by atoms with Crippen LogP contribution in [0.4, 0.5) is 5.69 Å². The zero-order valence-electron chi connectivity index (χ0n) is 15.8. The highest BCUT2D eigenvalue weighted by atomic mass is 35.5. The van der Waals surface area contributed by atoms with Crippen LogP contribution in [0.25, 0.3) is 0 Å². The first kappa shape index (κ1) is 22.4. The van der Waals surface area contributed by atoms with Gasteiger partial charge in [-0.3, -0.25) is 4.79 Å². The van der Waals surface area contributed by atoms with Crippen LogP contribution in [0, 0.1) is 12.8 Å². The van der Waals surface area contributed by atoms with Crippen molar-refractivity contribution in [3.8, 4) is 0 Å². The maximum atomic E-state index is 12.9. The van der Waals surface area contributed by atoms with Crippen LogP contribution in [0.3, 0.4) is 0 Å². The molecule has 0 bridgehead atoms. The van der Waals surface area contributed by atoms with Gasteiger partial charge in [0.2, 0.25) is 15.9 Å². The van der Waals surface area contributed by atoms with Gasteiger partial charge in [-0.2, -0.15) is 0 Å². The molecule has 29 heavy (non-hydrogen) atoms. The summed E-state index contributed by atoms with van der Waals surface area (Å²) < 4.78 is 27.1. The number of amides is 1. The van der Waals surface area contributed by atoms with E-state index in [1.54, 1.807) is 30.3 Å². The van der Waals surface area contributed by atoms with Crippen molar-refractivity contribution in [1.29, 1.82) is 0 Å². The lowest BCUT2D eigenvalue weighted by Crippen LogP contribution is -2.44. The van der Waals surface area contributed by atoms with Crippen LogP contribution in [0.15, 0.2) is 36.4 Å². The number of nitrogens with one attached hydrogen (secondary N) is 1. The summed E-state index contributed by atoms with van der Waals surface area (Å²) in [5, 5.41) is 4.09. The highest BCUT2D eigenvalue weighted by Gasteiger charge is 2.32. The lowest BCUT2D eigenvalue weighted by atomic mass is 9.98. The molecule has 3 rings (SSSR count). The molecule has 5 nitrogen and oxygen atoms in total. The van der Waals surface area contributed by atoms with Crippen molar-refractivity contribution in [2.45, 2.75) is 25.5 Å². The molecule has 1 fully saturated rings. The molecule has 2 aromatic rings. The first-order valence-corrected chi connectivity index (χ1v) is 11.9. The number of aryl methyl sites for hydroxylation is 1. The molecule has 1 atom stereocenters. The van der Waals surface area contributed by atoms with E-state index in [4.69, 9.17) is 34.8 Å². The van der Waals surface area contributed by atoms with Crippen molar-refractivity contribution in [1.82, 2.24) is 4.31 Å². The third kappa shape index (κ3) is 5.64. The van der Waals surface area contributed by atoms with E-state index in [2.05, 4.69) is 5.32 Å². The van der Waals surface area contributed by atoms with Gasteiger partial charge in [0.1, 0.15) is 0 Å². The predicted molar refractivity (Wildman–Crippen MR) is 118 cm³/mol. The standard InChI is InChI=1S/C20H21Cl3N2O3S/c1-13-4-6-16(21)10-19(13)24-20(26)15-3-2-8-25(11-15)29(27,28)12-14-5-7-17(22)18(23)9-14/h4-7,9-10,15H,2-3,8,11-12H2,1H3,(H,24,26)/t15-/m1/s1. The molecule has 0 spiro atoms. The van der Waals surface area contributed by atoms with Crippen LogP contribution in [0.2, 0.25) is 15.1 Å². The van der Waals surface area contributed by atoms with Gasteiger partial charge in [-0.15, -0.1) is 0 Å². The number of nitrogens with zero attached hydrogens (tertiary/aromatic N) is 1. The Balaban J connectivity index is 1.69. The molecule has 0 saturated carbocycles. The van der Waals surface area contributed by atoms with Gasteiger partial charge < -0.3 is 5.32 Å². The summed E-state index contributed by atoms with van der Waals surface area (Å²) in [6.07, 6.45) is 1.25. The summed E-state index contributed by atoms with van der Waals surface area (Å²) >= 11 is 17.9. The number of sulfonamides is 1. The van der Waals surface area contributed by atoms with E-state index in [1.807, 2.05) is 13.0 Å². The largest absolute Gasteiger partial charge is 0.326 e. The Morgan fingerprint density at radius 3 is 2.62 bits per heavy atom. The molecule has 1 amide bonds. The summed E-state index contributed by atoms with van der Waals surface area (Å²) in [7, 11) is -3.59. The molecule has 1 saturated heterocycles. The maximum Gasteiger partial charge on any atom is 0.228 e. The van der Waals surface area contributed by atoms with Crippen LogP contribution >= 0.6 is 34.8 Å². The molecule has 0 unspecified atom stereocenters. The van der Waals surface area contributed by atoms with Gasteiger partial charge in [-0.1, -0.05) is 46.9 Å². The Hall–Kier alpha value is -1.31. The molecule has 2 aromatic carbocycles. The van der Waals surface area contributed by atoms with E-state index in [0.29, 0.717) is 45.7 Å². The first-order chi connectivity index (χ1) is 13.7. The van der Waals surface area contributed by atoms with Gasteiger partial charge in [-0.25, -0.2) is 12.7 Å². The normalized spacial score (nSPS) is 17.9. The zero-order chi connectivity index (χ0) is 21.2. The van der Waals surface area contributed by atoms with Crippen molar-refractivity contribution < 1.29 is 13.2 Å². The van der Waals surface area contributed by atoms with Gasteiger partial charge in [0, 0.05) is 23.8 Å². The summed E-state index contributed by atoms with van der Waals surface area (Å²) in [4.78, 5) is 12.7. The van der Waals surface area contributed by atoms with Crippen molar-refractivity contribution in [3.05, 3.63) is 62.6 Å². The lowest BCUT2D eigenvalue weighted by molar-refractivity contribution is -0.120. The highest BCUT2D eigenvalue weighted by molar-refractivity contribution is 7.88. The lowest BCUT2D eigenvalue weighted by Gasteiger charge is -2.31. The molecule has 0 aromatic heterocycles. The fourth-order valence-corrected chi connectivity index (χ4v) is 5.39. The number of anilines is 1. The van der Waals surface area contributed by atoms with E-state index in [-0.39, 0.29) is 18.2 Å². The number of benzene rings is 2. The molecule has 1 aliphatic rings. The average Bonchev–Trinajstić information content (AvgIpc) is 2.67. The number of carbonyl (C=O) groups is 1. The Morgan fingerprint density at radius 2 is 1.90 bits per heavy atom. The number of halogens is 3. The van der Waals surface area contributed by atoms with E-state index >= 15 is 0 Å². The van der Waals surface area contributed by atoms with Crippen molar-refractivity contribution in [2.24, 2.45) is 5.92 Å². The van der Waals surface area contributed by atoms with Gasteiger partial charge >= 0.3 is 0 Å². The fraction of sp³-hybridized carbons (Fsp3) is 0.350. The highest BCUT2D eigenvalue weighted by Crippen LogP contribution is 2.27. The van der Waals surface area contributed by atoms with E-state index in [9.17, 15) is 13.2 Å².